The molecule has 0 amide bonds. The average molecular weight is 416 g/mol. The van der Waals surface area contributed by atoms with Gasteiger partial charge in [0, 0.05) is 35.1 Å². The van der Waals surface area contributed by atoms with Gasteiger partial charge in [-0.1, -0.05) is 0 Å². The van der Waals surface area contributed by atoms with E-state index in [1.807, 2.05) is 54.5 Å². The molecule has 154 valence electrons. The van der Waals surface area contributed by atoms with Gasteiger partial charge in [0.2, 0.25) is 0 Å². The van der Waals surface area contributed by atoms with Gasteiger partial charge in [-0.25, -0.2) is 14.5 Å². The Morgan fingerprint density at radius 2 is 1.97 bits per heavy atom. The Labute approximate surface area is 167 Å². The van der Waals surface area contributed by atoms with Gasteiger partial charge in [0.1, 0.15) is 11.9 Å². The van der Waals surface area contributed by atoms with Crippen molar-refractivity contribution in [1.29, 1.82) is 0 Å². The monoisotopic (exact) mass is 416 g/mol. The lowest BCUT2D eigenvalue weighted by molar-refractivity contribution is -0.192. The maximum Gasteiger partial charge on any atom is 0.490 e. The predicted molar refractivity (Wildman–Crippen MR) is 102 cm³/mol. The molecule has 7 nitrogen and oxygen atoms in total. The van der Waals surface area contributed by atoms with Crippen LogP contribution in [-0.4, -0.2) is 43.3 Å². The molecule has 4 rings (SSSR count). The van der Waals surface area contributed by atoms with Gasteiger partial charge < -0.3 is 10.1 Å². The number of H-pyrrole nitrogens is 1. The molecule has 30 heavy (non-hydrogen) atoms. The number of aldehydes is 1. The minimum Gasteiger partial charge on any atom is -0.475 e. The van der Waals surface area contributed by atoms with Crippen molar-refractivity contribution in [2.75, 3.05) is 0 Å². The van der Waals surface area contributed by atoms with Gasteiger partial charge in [-0.05, 0) is 48.4 Å². The number of aliphatic carboxylic acids is 1. The Balaban J connectivity index is 0.000000318. The number of aromatic nitrogens is 4. The molecule has 0 aliphatic heterocycles. The number of benzene rings is 1. The van der Waals surface area contributed by atoms with Crippen LogP contribution in [0.3, 0.4) is 0 Å². The second kappa shape index (κ2) is 8.19. The third-order valence-corrected chi connectivity index (χ3v) is 4.20. The van der Waals surface area contributed by atoms with Crippen LogP contribution in [0, 0.1) is 6.92 Å². The number of halogens is 3. The topological polar surface area (TPSA) is 101 Å². The molecule has 0 unspecified atom stereocenters. The molecule has 3 heterocycles. The Morgan fingerprint density at radius 3 is 2.60 bits per heavy atom. The van der Waals surface area contributed by atoms with E-state index in [2.05, 4.69) is 15.1 Å². The summed E-state index contributed by atoms with van der Waals surface area (Å²) in [4.78, 5) is 27.2. The lowest BCUT2D eigenvalue weighted by Gasteiger charge is -2.06. The van der Waals surface area contributed by atoms with E-state index in [-0.39, 0.29) is 0 Å². The molecule has 3 aromatic heterocycles. The molecule has 10 heteroatoms. The van der Waals surface area contributed by atoms with Crippen molar-refractivity contribution in [1.82, 2.24) is 19.7 Å². The third-order valence-electron chi connectivity index (χ3n) is 4.20. The fraction of sp³-hybridized carbons (Fsp3) is 0.100. The first-order chi connectivity index (χ1) is 14.2. The number of aryl methyl sites for hydroxylation is 1. The number of pyridine rings is 1. The molecule has 0 fully saturated rings. The van der Waals surface area contributed by atoms with Crippen LogP contribution in [0.15, 0.2) is 55.1 Å². The molecular formula is C20H15F3N4O3. The summed E-state index contributed by atoms with van der Waals surface area (Å²) in [6.07, 6.45) is 3.27. The second-order valence-electron chi connectivity index (χ2n) is 6.24. The first-order valence-electron chi connectivity index (χ1n) is 8.54. The number of aromatic amines is 1. The number of carboxylic acid groups (broad SMARTS) is 1. The van der Waals surface area contributed by atoms with Gasteiger partial charge in [0.05, 0.1) is 11.9 Å². The smallest absolute Gasteiger partial charge is 0.475 e. The van der Waals surface area contributed by atoms with Crippen LogP contribution < -0.4 is 0 Å². The molecule has 0 atom stereocenters. The Morgan fingerprint density at radius 1 is 1.23 bits per heavy atom. The van der Waals surface area contributed by atoms with Gasteiger partial charge in [0.25, 0.3) is 0 Å². The fourth-order valence-corrected chi connectivity index (χ4v) is 2.82. The number of alkyl halides is 3. The van der Waals surface area contributed by atoms with Gasteiger partial charge in [0.15, 0.2) is 0 Å². The molecular weight excluding hydrogens is 401 g/mol. The highest BCUT2D eigenvalue weighted by Crippen LogP contribution is 2.27. The van der Waals surface area contributed by atoms with Crippen molar-refractivity contribution in [3.8, 4) is 16.8 Å². The number of rotatable bonds is 3. The summed E-state index contributed by atoms with van der Waals surface area (Å²) in [6.45, 7) is 1.97. The van der Waals surface area contributed by atoms with E-state index in [0.29, 0.717) is 5.56 Å². The summed E-state index contributed by atoms with van der Waals surface area (Å²) in [5, 5.41) is 12.7. The van der Waals surface area contributed by atoms with Crippen LogP contribution in [-0.2, 0) is 4.79 Å². The van der Waals surface area contributed by atoms with Crippen LogP contribution in [0.4, 0.5) is 13.2 Å². The van der Waals surface area contributed by atoms with Gasteiger partial charge >= 0.3 is 12.1 Å². The van der Waals surface area contributed by atoms with E-state index < -0.39 is 12.1 Å². The Kier molecular flexibility index (Phi) is 5.67. The standard InChI is InChI=1S/C18H14N4O.C2HF3O2/c1-12-8-13(11-23)2-3-17(12)22-10-14(9-21-22)15-4-6-19-18-16(15)5-7-20-18;3-2(4,5)1(6)7/h2-11H,1H3,(H,19,20);(H,6,7). The number of carbonyl (C=O) groups is 2. The molecule has 2 N–H and O–H groups in total. The Hall–Kier alpha value is -3.95. The minimum absolute atomic E-state index is 0.668. The van der Waals surface area contributed by atoms with Gasteiger partial charge in [-0.15, -0.1) is 0 Å². The van der Waals surface area contributed by atoms with Gasteiger partial charge in [-0.3, -0.25) is 4.79 Å². The van der Waals surface area contributed by atoms with Crippen molar-refractivity contribution in [2.45, 2.75) is 13.1 Å². The number of nitrogens with one attached hydrogen (secondary N) is 1. The van der Waals surface area contributed by atoms with Crippen LogP contribution in [0.1, 0.15) is 15.9 Å². The highest BCUT2D eigenvalue weighted by atomic mass is 19.4. The van der Waals surface area contributed by atoms with E-state index in [1.165, 1.54) is 0 Å². The van der Waals surface area contributed by atoms with E-state index in [4.69, 9.17) is 9.90 Å². The molecule has 1 aromatic carbocycles. The molecule has 0 radical (unpaired) electrons. The maximum absolute atomic E-state index is 10.9. The number of carboxylic acids is 1. The van der Waals surface area contributed by atoms with Gasteiger partial charge in [-0.2, -0.15) is 18.3 Å². The van der Waals surface area contributed by atoms with E-state index in [1.54, 1.807) is 12.3 Å². The van der Waals surface area contributed by atoms with Crippen molar-refractivity contribution in [2.24, 2.45) is 0 Å². The molecule has 0 saturated carbocycles. The van der Waals surface area contributed by atoms with Crippen LogP contribution in [0.2, 0.25) is 0 Å². The van der Waals surface area contributed by atoms with Crippen molar-refractivity contribution >= 4 is 23.3 Å². The van der Waals surface area contributed by atoms with Crippen molar-refractivity contribution in [3.05, 3.63) is 66.2 Å². The zero-order valence-corrected chi connectivity index (χ0v) is 15.5. The highest BCUT2D eigenvalue weighted by Gasteiger charge is 2.38. The maximum atomic E-state index is 10.9. The predicted octanol–water partition coefficient (Wildman–Crippen LogP) is 4.17. The molecule has 0 aliphatic carbocycles. The fourth-order valence-electron chi connectivity index (χ4n) is 2.82. The Bertz CT molecular complexity index is 1210. The van der Waals surface area contributed by atoms with E-state index >= 15 is 0 Å². The van der Waals surface area contributed by atoms with E-state index in [9.17, 15) is 18.0 Å². The third kappa shape index (κ3) is 4.37. The summed E-state index contributed by atoms with van der Waals surface area (Å²) in [5.41, 5.74) is 5.61. The molecule has 0 saturated heterocycles. The first kappa shape index (κ1) is 20.8. The summed E-state index contributed by atoms with van der Waals surface area (Å²) >= 11 is 0. The molecule has 0 aliphatic rings. The van der Waals surface area contributed by atoms with Crippen LogP contribution >= 0.6 is 0 Å². The number of carbonyl (C=O) groups excluding carboxylic acids is 1. The zero-order chi connectivity index (χ0) is 21.9. The van der Waals surface area contributed by atoms with Crippen molar-refractivity contribution < 1.29 is 27.9 Å². The van der Waals surface area contributed by atoms with Crippen LogP contribution in [0.25, 0.3) is 27.8 Å². The molecule has 0 bridgehead atoms. The molecule has 4 aromatic rings. The lowest BCUT2D eigenvalue weighted by atomic mass is 10.1. The summed E-state index contributed by atoms with van der Waals surface area (Å²) in [7, 11) is 0. The summed E-state index contributed by atoms with van der Waals surface area (Å²) < 4.78 is 33.6. The summed E-state index contributed by atoms with van der Waals surface area (Å²) in [5.74, 6) is -2.76. The first-order valence-corrected chi connectivity index (χ1v) is 8.54. The summed E-state index contributed by atoms with van der Waals surface area (Å²) in [6, 6.07) is 9.57. The number of nitrogens with zero attached hydrogens (tertiary/aromatic N) is 3. The van der Waals surface area contributed by atoms with Crippen LogP contribution in [0.5, 0.6) is 0 Å². The second-order valence-corrected chi connectivity index (χ2v) is 6.24. The normalized spacial score (nSPS) is 11.1. The quantitative estimate of drug-likeness (QED) is 0.488. The number of hydrogen-bond acceptors (Lipinski definition) is 4. The lowest BCUT2D eigenvalue weighted by Crippen LogP contribution is -2.21. The molecule has 0 spiro atoms. The minimum atomic E-state index is -5.08. The highest BCUT2D eigenvalue weighted by molar-refractivity contribution is 5.92. The number of fused-ring (bicyclic) bond motifs is 1. The SMILES string of the molecule is Cc1cc(C=O)ccc1-n1cc(-c2ccnc3[nH]ccc23)cn1.O=C(O)C(F)(F)F. The van der Waals surface area contributed by atoms with Crippen molar-refractivity contribution in [3.63, 3.8) is 0 Å². The average Bonchev–Trinajstić information content (AvgIpc) is 3.37. The largest absolute Gasteiger partial charge is 0.490 e. The number of hydrogen-bond donors (Lipinski definition) is 2. The zero-order valence-electron chi connectivity index (χ0n) is 15.5. The van der Waals surface area contributed by atoms with E-state index in [0.717, 1.165) is 39.7 Å².